The molecule has 0 fully saturated rings. The Morgan fingerprint density at radius 1 is 0.833 bits per heavy atom. The fraction of sp³-hybridized carbons (Fsp3) is 0. The van der Waals surface area contributed by atoms with Gasteiger partial charge in [-0.25, -0.2) is 0 Å². The molecule has 2 heteroatoms. The Kier molecular flexibility index (Phi) is 46.0. The summed E-state index contributed by atoms with van der Waals surface area (Å²) in [5.41, 5.74) is 0. The Bertz CT molecular complexity index is 26.5. The molecule has 0 N–H and O–H groups in total. The normalized spacial score (nSPS) is 3.33. The summed E-state index contributed by atoms with van der Waals surface area (Å²) in [4.78, 5) is 0. The van der Waals surface area contributed by atoms with Crippen molar-refractivity contribution >= 4 is 0 Å². The van der Waals surface area contributed by atoms with E-state index in [2.05, 4.69) is 13.2 Å². The van der Waals surface area contributed by atoms with Crippen molar-refractivity contribution in [1.29, 1.82) is 0 Å². The number of hydrogen-bond acceptors (Lipinski definition) is 0. The monoisotopic (exact) mass is 68.1 g/mol. The molecule has 0 amide bonds. The molecular weight excluding hydrogens is 61.9 g/mol. The van der Waals surface area contributed by atoms with Crippen molar-refractivity contribution in [2.75, 3.05) is 0 Å². The molecule has 0 nitrogen and oxygen atoms in total. The molecule has 0 radical (unpaired) electrons. The van der Waals surface area contributed by atoms with Crippen LogP contribution in [0.15, 0.2) is 25.3 Å². The van der Waals surface area contributed by atoms with Gasteiger partial charge in [0.1, 0.15) is 0 Å². The van der Waals surface area contributed by atoms with E-state index in [-0.39, 0.29) is 37.7 Å². The SMILES string of the molecule is C=CC=C.[Li+].[Li+]. The van der Waals surface area contributed by atoms with Crippen LogP contribution < -0.4 is 37.7 Å². The third-order valence-electron chi connectivity index (χ3n) is 0.167. The molecule has 0 aromatic carbocycles. The zero-order chi connectivity index (χ0) is 3.41. The van der Waals surface area contributed by atoms with Crippen molar-refractivity contribution in [3.63, 3.8) is 0 Å². The van der Waals surface area contributed by atoms with Crippen LogP contribution >= 0.6 is 0 Å². The third-order valence-corrected chi connectivity index (χ3v) is 0.167. The number of allylic oxidation sites excluding steroid dienone is 2. The molecule has 0 rings (SSSR count). The largest absolute Gasteiger partial charge is 1.00 e. The first-order valence-electron chi connectivity index (χ1n) is 1.15. The van der Waals surface area contributed by atoms with E-state index in [1.165, 1.54) is 0 Å². The van der Waals surface area contributed by atoms with Crippen molar-refractivity contribution in [1.82, 2.24) is 0 Å². The Morgan fingerprint density at radius 3 is 1.00 bits per heavy atom. The maximum absolute atomic E-state index is 3.36. The molecule has 0 bridgehead atoms. The van der Waals surface area contributed by atoms with E-state index in [0.717, 1.165) is 0 Å². The van der Waals surface area contributed by atoms with E-state index < -0.39 is 0 Å². The first kappa shape index (κ1) is 15.9. The van der Waals surface area contributed by atoms with E-state index in [1.807, 2.05) is 0 Å². The standard InChI is InChI=1S/C4H6.2Li/c1-3-4-2;;/h3-4H,1-2H2;;/q;2*+1. The topological polar surface area (TPSA) is 0 Å². The molecule has 0 spiro atoms. The smallest absolute Gasteiger partial charge is 0.0991 e. The van der Waals surface area contributed by atoms with Crippen LogP contribution in [0.4, 0.5) is 0 Å². The van der Waals surface area contributed by atoms with Crippen molar-refractivity contribution < 1.29 is 37.7 Å². The summed E-state index contributed by atoms with van der Waals surface area (Å²) in [6.45, 7) is 6.72. The molecule has 0 atom stereocenters. The summed E-state index contributed by atoms with van der Waals surface area (Å²) in [5.74, 6) is 0. The first-order valence-corrected chi connectivity index (χ1v) is 1.15. The van der Waals surface area contributed by atoms with Crippen molar-refractivity contribution in [3.8, 4) is 0 Å². The zero-order valence-corrected chi connectivity index (χ0v) is 4.57. The van der Waals surface area contributed by atoms with Crippen LogP contribution in [-0.4, -0.2) is 0 Å². The van der Waals surface area contributed by atoms with Gasteiger partial charge in [-0.1, -0.05) is 25.3 Å². The molecule has 22 valence electrons. The number of hydrogen-bond donors (Lipinski definition) is 0. The van der Waals surface area contributed by atoms with Gasteiger partial charge in [0.15, 0.2) is 0 Å². The molecule has 0 aliphatic carbocycles. The molecule has 0 saturated heterocycles. The maximum atomic E-state index is 3.36. The van der Waals surface area contributed by atoms with Crippen LogP contribution in [-0.2, 0) is 0 Å². The van der Waals surface area contributed by atoms with Gasteiger partial charge >= 0.3 is 37.7 Å². The Labute approximate surface area is 63.1 Å². The molecule has 0 aliphatic rings. The van der Waals surface area contributed by atoms with Gasteiger partial charge in [0, 0.05) is 0 Å². The molecule has 0 aliphatic heterocycles. The predicted molar refractivity (Wildman–Crippen MR) is 20.4 cm³/mol. The van der Waals surface area contributed by atoms with Gasteiger partial charge in [0.2, 0.25) is 0 Å². The minimum atomic E-state index is 0. The molecule has 0 unspecified atom stereocenters. The number of rotatable bonds is 1. The summed E-state index contributed by atoms with van der Waals surface area (Å²) in [7, 11) is 0. The fourth-order valence-electron chi connectivity index (χ4n) is 0. The predicted octanol–water partition coefficient (Wildman–Crippen LogP) is -4.63. The van der Waals surface area contributed by atoms with Crippen LogP contribution in [0.3, 0.4) is 0 Å². The minimum absolute atomic E-state index is 0. The quantitative estimate of drug-likeness (QED) is 0.214. The van der Waals surface area contributed by atoms with Crippen molar-refractivity contribution in [2.45, 2.75) is 0 Å². The van der Waals surface area contributed by atoms with Gasteiger partial charge in [-0.15, -0.1) is 0 Å². The van der Waals surface area contributed by atoms with Crippen molar-refractivity contribution in [2.24, 2.45) is 0 Å². The maximum Gasteiger partial charge on any atom is 1.00 e. The second-order valence-electron chi connectivity index (χ2n) is 0.471. The molecule has 0 saturated carbocycles. The summed E-state index contributed by atoms with van der Waals surface area (Å²) < 4.78 is 0. The van der Waals surface area contributed by atoms with Gasteiger partial charge in [0.25, 0.3) is 0 Å². The second kappa shape index (κ2) is 17.3. The minimum Gasteiger partial charge on any atom is -0.0991 e. The molecule has 0 aromatic rings. The van der Waals surface area contributed by atoms with Gasteiger partial charge in [-0.3, -0.25) is 0 Å². The van der Waals surface area contributed by atoms with Crippen LogP contribution in [0.5, 0.6) is 0 Å². The van der Waals surface area contributed by atoms with Gasteiger partial charge in [-0.2, -0.15) is 0 Å². The fourth-order valence-corrected chi connectivity index (χ4v) is 0. The second-order valence-corrected chi connectivity index (χ2v) is 0.471. The van der Waals surface area contributed by atoms with Gasteiger partial charge in [0.05, 0.1) is 0 Å². The Morgan fingerprint density at radius 2 is 1.00 bits per heavy atom. The Balaban J connectivity index is -0.0000000450. The first-order chi connectivity index (χ1) is 1.91. The van der Waals surface area contributed by atoms with Crippen LogP contribution in [0.25, 0.3) is 0 Å². The Hall–Kier alpha value is 0.675. The van der Waals surface area contributed by atoms with E-state index in [9.17, 15) is 0 Å². The van der Waals surface area contributed by atoms with Crippen LogP contribution in [0.2, 0.25) is 0 Å². The summed E-state index contributed by atoms with van der Waals surface area (Å²) >= 11 is 0. The van der Waals surface area contributed by atoms with E-state index >= 15 is 0 Å². The zero-order valence-electron chi connectivity index (χ0n) is 4.57. The van der Waals surface area contributed by atoms with E-state index in [0.29, 0.717) is 0 Å². The van der Waals surface area contributed by atoms with Gasteiger partial charge < -0.3 is 0 Å². The molecule has 0 heterocycles. The molecule has 0 aromatic heterocycles. The van der Waals surface area contributed by atoms with E-state index in [4.69, 9.17) is 0 Å². The average Bonchev–Trinajstić information content (AvgIpc) is 1.37. The van der Waals surface area contributed by atoms with Crippen LogP contribution in [0.1, 0.15) is 0 Å². The van der Waals surface area contributed by atoms with Crippen LogP contribution in [0, 0.1) is 0 Å². The van der Waals surface area contributed by atoms with Gasteiger partial charge in [-0.05, 0) is 0 Å². The summed E-state index contributed by atoms with van der Waals surface area (Å²) in [5, 5.41) is 0. The summed E-state index contributed by atoms with van der Waals surface area (Å²) in [6.07, 6.45) is 3.28. The molecule has 6 heavy (non-hydrogen) atoms. The molecular formula is C4H6Li2+2. The van der Waals surface area contributed by atoms with E-state index in [1.54, 1.807) is 12.2 Å². The van der Waals surface area contributed by atoms with Crippen molar-refractivity contribution in [3.05, 3.63) is 25.3 Å². The summed E-state index contributed by atoms with van der Waals surface area (Å²) in [6, 6.07) is 0. The average molecular weight is 68.0 g/mol. The third kappa shape index (κ3) is 22.5.